The second-order valence-corrected chi connectivity index (χ2v) is 8.66. The van der Waals surface area contributed by atoms with Gasteiger partial charge in [0.2, 0.25) is 10.0 Å². The Labute approximate surface area is 182 Å². The second kappa shape index (κ2) is 9.56. The summed E-state index contributed by atoms with van der Waals surface area (Å²) in [7, 11) is -3.67. The molecule has 0 aromatic heterocycles. The molecule has 0 bridgehead atoms. The van der Waals surface area contributed by atoms with E-state index in [1.54, 1.807) is 38.1 Å². The molecule has 0 aliphatic carbocycles. The first-order valence-electron chi connectivity index (χ1n) is 9.82. The minimum absolute atomic E-state index is 0.0572. The normalized spacial score (nSPS) is 11.2. The van der Waals surface area contributed by atoms with E-state index in [4.69, 9.17) is 10.00 Å². The van der Waals surface area contributed by atoms with Crippen molar-refractivity contribution in [1.82, 2.24) is 4.31 Å². The van der Waals surface area contributed by atoms with Crippen molar-refractivity contribution in [3.8, 4) is 22.9 Å². The highest BCUT2D eigenvalue weighted by atomic mass is 32.2. The van der Waals surface area contributed by atoms with E-state index in [1.165, 1.54) is 28.6 Å². The number of carbonyl (C=O) groups excluding carboxylic acids is 1. The fraction of sp³-hybridized carbons (Fsp3) is 0.167. The average molecular weight is 435 g/mol. The van der Waals surface area contributed by atoms with E-state index in [9.17, 15) is 13.2 Å². The van der Waals surface area contributed by atoms with E-state index in [0.29, 0.717) is 24.4 Å². The fourth-order valence-electron chi connectivity index (χ4n) is 3.11. The molecule has 3 aromatic carbocycles. The van der Waals surface area contributed by atoms with Gasteiger partial charge in [0.25, 0.3) is 0 Å². The maximum absolute atomic E-state index is 12.7. The van der Waals surface area contributed by atoms with Crippen molar-refractivity contribution in [2.75, 3.05) is 13.1 Å². The van der Waals surface area contributed by atoms with Crippen LogP contribution in [0.3, 0.4) is 0 Å². The number of ether oxygens (including phenoxy) is 1. The molecule has 0 N–H and O–H groups in total. The van der Waals surface area contributed by atoms with Crippen LogP contribution in [0.4, 0.5) is 0 Å². The smallest absolute Gasteiger partial charge is 0.343 e. The minimum Gasteiger partial charge on any atom is -0.423 e. The van der Waals surface area contributed by atoms with Crippen molar-refractivity contribution in [2.45, 2.75) is 18.7 Å². The maximum atomic E-state index is 12.7. The zero-order chi connectivity index (χ0) is 22.4. The van der Waals surface area contributed by atoms with Gasteiger partial charge in [0.05, 0.1) is 22.1 Å². The number of carbonyl (C=O) groups is 1. The summed E-state index contributed by atoms with van der Waals surface area (Å²) in [5, 5.41) is 8.89. The molecule has 0 atom stereocenters. The van der Waals surface area contributed by atoms with Gasteiger partial charge >= 0.3 is 5.97 Å². The van der Waals surface area contributed by atoms with Gasteiger partial charge in [-0.05, 0) is 53.6 Å². The van der Waals surface area contributed by atoms with Gasteiger partial charge in [-0.3, -0.25) is 0 Å². The zero-order valence-corrected chi connectivity index (χ0v) is 18.1. The van der Waals surface area contributed by atoms with Gasteiger partial charge < -0.3 is 4.74 Å². The Hall–Kier alpha value is -3.47. The number of hydrogen-bond donors (Lipinski definition) is 0. The van der Waals surface area contributed by atoms with Crippen LogP contribution >= 0.6 is 0 Å². The lowest BCUT2D eigenvalue weighted by Gasteiger charge is -2.18. The van der Waals surface area contributed by atoms with Crippen LogP contribution in [0, 0.1) is 11.3 Å². The summed E-state index contributed by atoms with van der Waals surface area (Å²) in [6.45, 7) is 4.22. The molecule has 0 fully saturated rings. The first kappa shape index (κ1) is 22.2. The Bertz CT molecular complexity index is 1210. The monoisotopic (exact) mass is 434 g/mol. The van der Waals surface area contributed by atoms with E-state index in [-0.39, 0.29) is 10.5 Å². The summed E-state index contributed by atoms with van der Waals surface area (Å²) in [5.74, 6) is -0.290. The molecule has 0 saturated heterocycles. The molecule has 0 heterocycles. The van der Waals surface area contributed by atoms with E-state index in [2.05, 4.69) is 6.07 Å². The highest BCUT2D eigenvalue weighted by Crippen LogP contribution is 2.24. The highest BCUT2D eigenvalue weighted by molar-refractivity contribution is 7.89. The Morgan fingerprint density at radius 2 is 1.52 bits per heavy atom. The van der Waals surface area contributed by atoms with E-state index in [0.717, 1.165) is 11.1 Å². The Balaban J connectivity index is 1.76. The molecule has 6 nitrogen and oxygen atoms in total. The molecule has 0 aliphatic heterocycles. The Kier molecular flexibility index (Phi) is 6.85. The van der Waals surface area contributed by atoms with Crippen molar-refractivity contribution in [1.29, 1.82) is 5.26 Å². The molecule has 0 saturated carbocycles. The molecule has 0 amide bonds. The maximum Gasteiger partial charge on any atom is 0.343 e. The van der Waals surface area contributed by atoms with Crippen molar-refractivity contribution in [3.63, 3.8) is 0 Å². The van der Waals surface area contributed by atoms with Crippen LogP contribution in [-0.4, -0.2) is 31.8 Å². The number of nitriles is 1. The molecule has 0 unspecified atom stereocenters. The molecule has 3 aromatic rings. The summed E-state index contributed by atoms with van der Waals surface area (Å²) in [6, 6.07) is 22.1. The third kappa shape index (κ3) is 5.00. The van der Waals surface area contributed by atoms with Crippen LogP contribution in [-0.2, 0) is 10.0 Å². The van der Waals surface area contributed by atoms with Crippen LogP contribution < -0.4 is 4.74 Å². The van der Waals surface area contributed by atoms with Crippen LogP contribution in [0.25, 0.3) is 11.1 Å². The van der Waals surface area contributed by atoms with Crippen LogP contribution in [0.5, 0.6) is 5.75 Å². The van der Waals surface area contributed by atoms with Crippen molar-refractivity contribution in [3.05, 3.63) is 83.9 Å². The molecule has 158 valence electrons. The van der Waals surface area contributed by atoms with Crippen LogP contribution in [0.2, 0.25) is 0 Å². The van der Waals surface area contributed by atoms with Crippen LogP contribution in [0.15, 0.2) is 77.7 Å². The number of nitrogens with zero attached hydrogens (tertiary/aromatic N) is 2. The molecular weight excluding hydrogens is 412 g/mol. The van der Waals surface area contributed by atoms with Crippen molar-refractivity contribution in [2.24, 2.45) is 0 Å². The average Bonchev–Trinajstić information content (AvgIpc) is 2.80. The molecule has 7 heteroatoms. The molecule has 0 radical (unpaired) electrons. The number of sulfonamides is 1. The molecule has 3 rings (SSSR count). The number of rotatable bonds is 7. The predicted octanol–water partition coefficient (Wildman–Crippen LogP) is 4.47. The molecule has 0 aliphatic rings. The number of hydrogen-bond acceptors (Lipinski definition) is 5. The van der Waals surface area contributed by atoms with Gasteiger partial charge in [-0.15, -0.1) is 0 Å². The van der Waals surface area contributed by atoms with E-state index >= 15 is 0 Å². The first-order chi connectivity index (χ1) is 14.9. The summed E-state index contributed by atoms with van der Waals surface area (Å²) in [4.78, 5) is 12.6. The number of benzene rings is 3. The third-order valence-electron chi connectivity index (χ3n) is 4.83. The SMILES string of the molecule is CCN(CC)S(=O)(=O)c1cccc(C(=O)Oc2ccc(-c3ccc(C#N)cc3)cc2)c1. The minimum atomic E-state index is -3.67. The Morgan fingerprint density at radius 1 is 0.935 bits per heavy atom. The molecule has 31 heavy (non-hydrogen) atoms. The van der Waals surface area contributed by atoms with Gasteiger partial charge in [0, 0.05) is 13.1 Å². The Morgan fingerprint density at radius 3 is 2.06 bits per heavy atom. The van der Waals surface area contributed by atoms with Crippen LogP contribution in [0.1, 0.15) is 29.8 Å². The largest absolute Gasteiger partial charge is 0.423 e. The lowest BCUT2D eigenvalue weighted by molar-refractivity contribution is 0.0734. The third-order valence-corrected chi connectivity index (χ3v) is 6.87. The summed E-state index contributed by atoms with van der Waals surface area (Å²) in [5.41, 5.74) is 2.59. The lowest BCUT2D eigenvalue weighted by atomic mass is 10.0. The topological polar surface area (TPSA) is 87.5 Å². The highest BCUT2D eigenvalue weighted by Gasteiger charge is 2.23. The van der Waals surface area contributed by atoms with E-state index in [1.807, 2.05) is 24.3 Å². The quantitative estimate of drug-likeness (QED) is 0.404. The summed E-state index contributed by atoms with van der Waals surface area (Å²) in [6.07, 6.45) is 0. The molecule has 0 spiro atoms. The van der Waals surface area contributed by atoms with Crippen molar-refractivity contribution >= 4 is 16.0 Å². The molecular formula is C24H22N2O4S. The summed E-state index contributed by atoms with van der Waals surface area (Å²) >= 11 is 0. The van der Waals surface area contributed by atoms with Crippen molar-refractivity contribution < 1.29 is 17.9 Å². The number of esters is 1. The van der Waals surface area contributed by atoms with E-state index < -0.39 is 16.0 Å². The van der Waals surface area contributed by atoms with Gasteiger partial charge in [-0.1, -0.05) is 44.2 Å². The summed E-state index contributed by atoms with van der Waals surface area (Å²) < 4.78 is 32.1. The second-order valence-electron chi connectivity index (χ2n) is 6.72. The predicted molar refractivity (Wildman–Crippen MR) is 118 cm³/mol. The first-order valence-corrected chi connectivity index (χ1v) is 11.3. The fourth-order valence-corrected chi connectivity index (χ4v) is 4.62. The van der Waals surface area contributed by atoms with Gasteiger partial charge in [0.1, 0.15) is 5.75 Å². The van der Waals surface area contributed by atoms with Gasteiger partial charge in [-0.2, -0.15) is 9.57 Å². The lowest BCUT2D eigenvalue weighted by Crippen LogP contribution is -2.30. The zero-order valence-electron chi connectivity index (χ0n) is 17.3. The van der Waals surface area contributed by atoms with Gasteiger partial charge in [0.15, 0.2) is 0 Å². The van der Waals surface area contributed by atoms with Gasteiger partial charge in [-0.25, -0.2) is 13.2 Å². The standard InChI is InChI=1S/C24H22N2O4S/c1-3-26(4-2)31(28,29)23-7-5-6-21(16-23)24(27)30-22-14-12-20(13-15-22)19-10-8-18(17-25)9-11-19/h5-16H,3-4H2,1-2H3.